The molecular weight excluding hydrogens is 406 g/mol. The molecule has 0 bridgehead atoms. The zero-order valence-electron chi connectivity index (χ0n) is 17.3. The van der Waals surface area contributed by atoms with Crippen LogP contribution in [0.5, 0.6) is 0 Å². The Hall–Kier alpha value is -2.48. The van der Waals surface area contributed by atoms with Crippen LogP contribution in [-0.4, -0.2) is 43.0 Å². The van der Waals surface area contributed by atoms with Crippen molar-refractivity contribution in [2.45, 2.75) is 63.3 Å². The lowest BCUT2D eigenvalue weighted by Gasteiger charge is -2.25. The minimum absolute atomic E-state index is 0.0193. The van der Waals surface area contributed by atoms with E-state index in [0.29, 0.717) is 19.3 Å². The molecule has 0 N–H and O–H groups in total. The molecule has 2 aliphatic rings. The van der Waals surface area contributed by atoms with Gasteiger partial charge in [0.25, 0.3) is 15.9 Å². The van der Waals surface area contributed by atoms with Crippen LogP contribution in [-0.2, 0) is 29.1 Å². The van der Waals surface area contributed by atoms with Gasteiger partial charge in [0.2, 0.25) is 0 Å². The predicted octanol–water partition coefficient (Wildman–Crippen LogP) is 2.92. The lowest BCUT2D eigenvalue weighted by Crippen LogP contribution is -2.43. The number of benzene rings is 1. The third kappa shape index (κ3) is 4.05. The molecule has 7 nitrogen and oxygen atoms in total. The molecule has 1 saturated heterocycles. The summed E-state index contributed by atoms with van der Waals surface area (Å²) in [5, 5.41) is 0. The number of amides is 1. The predicted molar refractivity (Wildman–Crippen MR) is 110 cm³/mol. The fourth-order valence-electron chi connectivity index (χ4n) is 4.24. The Kier molecular flexibility index (Phi) is 6.45. The van der Waals surface area contributed by atoms with E-state index in [1.807, 2.05) is 6.92 Å². The van der Waals surface area contributed by atoms with Gasteiger partial charge in [-0.2, -0.15) is 0 Å². The average molecular weight is 434 g/mol. The maximum Gasteiger partial charge on any atom is 0.330 e. The van der Waals surface area contributed by atoms with E-state index >= 15 is 0 Å². The van der Waals surface area contributed by atoms with Crippen LogP contribution >= 0.6 is 0 Å². The molecule has 0 unspecified atom stereocenters. The number of nitrogens with zero attached hydrogens (tertiary/aromatic N) is 1. The number of hydrogen-bond acceptors (Lipinski definition) is 6. The molecule has 30 heavy (non-hydrogen) atoms. The molecule has 3 rings (SSSR count). The quantitative estimate of drug-likeness (QED) is 0.402. The molecule has 162 valence electrons. The van der Waals surface area contributed by atoms with Crippen LogP contribution in [0.4, 0.5) is 0 Å². The van der Waals surface area contributed by atoms with Crippen LogP contribution in [0.2, 0.25) is 0 Å². The lowest BCUT2D eigenvalue weighted by atomic mass is 9.77. The van der Waals surface area contributed by atoms with Gasteiger partial charge in [-0.1, -0.05) is 36.6 Å². The van der Waals surface area contributed by atoms with Gasteiger partial charge in [-0.3, -0.25) is 9.59 Å². The summed E-state index contributed by atoms with van der Waals surface area (Å²) < 4.78 is 32.5. The van der Waals surface area contributed by atoms with Gasteiger partial charge in [-0.05, 0) is 45.2 Å². The first-order chi connectivity index (χ1) is 14.2. The van der Waals surface area contributed by atoms with E-state index < -0.39 is 33.4 Å². The molecular formula is C22H27NO6S. The van der Waals surface area contributed by atoms with E-state index in [0.717, 1.165) is 22.4 Å². The van der Waals surface area contributed by atoms with Crippen molar-refractivity contribution in [1.29, 1.82) is 0 Å². The number of ether oxygens (including phenoxy) is 1. The van der Waals surface area contributed by atoms with Gasteiger partial charge in [0, 0.05) is 12.5 Å². The standard InChI is InChI=1S/C22H27NO6S/c1-3-29-20(25)13-10-17-15-22(14-6-4-5-7-19(22)24)21(26)23(17)30(27,28)18-11-8-16(2)9-12-18/h8-13,17H,3-7,14-15H2,1-2H3/b13-10+/t17-,22-/m0/s1. The maximum atomic E-state index is 13.5. The molecule has 1 spiro atoms. The summed E-state index contributed by atoms with van der Waals surface area (Å²) in [5.41, 5.74) is -0.464. The number of carbonyl (C=O) groups excluding carboxylic acids is 3. The third-order valence-electron chi connectivity index (χ3n) is 5.83. The van der Waals surface area contributed by atoms with Crippen molar-refractivity contribution >= 4 is 27.7 Å². The van der Waals surface area contributed by atoms with Gasteiger partial charge in [0.15, 0.2) is 0 Å². The highest BCUT2D eigenvalue weighted by Crippen LogP contribution is 2.46. The molecule has 1 aromatic rings. The molecule has 8 heteroatoms. The lowest BCUT2D eigenvalue weighted by molar-refractivity contribution is -0.142. The van der Waals surface area contributed by atoms with Crippen molar-refractivity contribution in [3.63, 3.8) is 0 Å². The molecule has 0 radical (unpaired) electrons. The highest BCUT2D eigenvalue weighted by molar-refractivity contribution is 7.89. The first-order valence-corrected chi connectivity index (χ1v) is 11.7. The van der Waals surface area contributed by atoms with Crippen molar-refractivity contribution < 1.29 is 27.5 Å². The summed E-state index contributed by atoms with van der Waals surface area (Å²) in [6.45, 7) is 3.68. The number of Topliss-reactive ketones (excluding diaryl/α,β-unsaturated/α-hetero) is 1. The van der Waals surface area contributed by atoms with Gasteiger partial charge in [0.1, 0.15) is 11.2 Å². The van der Waals surface area contributed by atoms with Crippen LogP contribution in [0.25, 0.3) is 0 Å². The summed E-state index contributed by atoms with van der Waals surface area (Å²) in [5.74, 6) is -1.51. The fraction of sp³-hybridized carbons (Fsp3) is 0.500. The fourth-order valence-corrected chi connectivity index (χ4v) is 5.84. The van der Waals surface area contributed by atoms with Crippen LogP contribution in [0.15, 0.2) is 41.3 Å². The number of carbonyl (C=O) groups is 3. The number of sulfonamides is 1. The molecule has 2 atom stereocenters. The number of rotatable bonds is 5. The maximum absolute atomic E-state index is 13.5. The Balaban J connectivity index is 2.05. The Morgan fingerprint density at radius 1 is 1.20 bits per heavy atom. The largest absolute Gasteiger partial charge is 0.463 e. The Bertz CT molecular complexity index is 966. The van der Waals surface area contributed by atoms with Gasteiger partial charge >= 0.3 is 5.97 Å². The number of esters is 1. The summed E-state index contributed by atoms with van der Waals surface area (Å²) in [6, 6.07) is 5.29. The van der Waals surface area contributed by atoms with Crippen LogP contribution in [0.3, 0.4) is 0 Å². The first kappa shape index (κ1) is 22.2. The zero-order chi connectivity index (χ0) is 21.9. The van der Waals surface area contributed by atoms with Crippen molar-refractivity contribution in [3.05, 3.63) is 42.0 Å². The Morgan fingerprint density at radius 2 is 1.90 bits per heavy atom. The summed E-state index contributed by atoms with van der Waals surface area (Å²) in [4.78, 5) is 38.2. The molecule has 2 fully saturated rings. The van der Waals surface area contributed by atoms with Crippen molar-refractivity contribution in [3.8, 4) is 0 Å². The van der Waals surface area contributed by atoms with E-state index in [2.05, 4.69) is 0 Å². The van der Waals surface area contributed by atoms with Gasteiger partial charge in [-0.25, -0.2) is 17.5 Å². The van der Waals surface area contributed by atoms with E-state index in [1.165, 1.54) is 18.2 Å². The second-order valence-electron chi connectivity index (χ2n) is 7.87. The molecule has 1 aliphatic heterocycles. The van der Waals surface area contributed by atoms with Crippen LogP contribution in [0.1, 0.15) is 51.0 Å². The Labute approximate surface area is 177 Å². The zero-order valence-corrected chi connectivity index (χ0v) is 18.1. The highest BCUT2D eigenvalue weighted by atomic mass is 32.2. The van der Waals surface area contributed by atoms with Crippen LogP contribution < -0.4 is 0 Å². The molecule has 1 heterocycles. The molecule has 1 aromatic carbocycles. The number of hydrogen-bond donors (Lipinski definition) is 0. The van der Waals surface area contributed by atoms with E-state index in [1.54, 1.807) is 19.1 Å². The molecule has 0 aromatic heterocycles. The number of aryl methyl sites for hydroxylation is 1. The van der Waals surface area contributed by atoms with Gasteiger partial charge in [-0.15, -0.1) is 0 Å². The first-order valence-electron chi connectivity index (χ1n) is 10.3. The van der Waals surface area contributed by atoms with Crippen molar-refractivity contribution in [1.82, 2.24) is 4.31 Å². The SMILES string of the molecule is CCOC(=O)/C=C/[C@H]1C[C@]2(CCCCCC2=O)C(=O)N1S(=O)(=O)c1ccc(C)cc1. The summed E-state index contributed by atoms with van der Waals surface area (Å²) >= 11 is 0. The van der Waals surface area contributed by atoms with Gasteiger partial charge < -0.3 is 4.74 Å². The second kappa shape index (κ2) is 8.71. The summed E-state index contributed by atoms with van der Waals surface area (Å²) in [7, 11) is -4.20. The second-order valence-corrected chi connectivity index (χ2v) is 9.68. The topological polar surface area (TPSA) is 97.8 Å². The highest BCUT2D eigenvalue weighted by Gasteiger charge is 2.58. The monoisotopic (exact) mass is 433 g/mol. The molecule has 1 aliphatic carbocycles. The Morgan fingerprint density at radius 3 is 2.57 bits per heavy atom. The van der Waals surface area contributed by atoms with Gasteiger partial charge in [0.05, 0.1) is 17.5 Å². The minimum Gasteiger partial charge on any atom is -0.463 e. The van der Waals surface area contributed by atoms with E-state index in [9.17, 15) is 22.8 Å². The number of ketones is 1. The van der Waals surface area contributed by atoms with Crippen molar-refractivity contribution in [2.75, 3.05) is 6.61 Å². The molecule has 1 amide bonds. The molecule has 1 saturated carbocycles. The van der Waals surface area contributed by atoms with E-state index in [-0.39, 0.29) is 30.1 Å². The minimum atomic E-state index is -4.20. The normalized spacial score (nSPS) is 25.1. The van der Waals surface area contributed by atoms with Crippen LogP contribution in [0, 0.1) is 12.3 Å². The average Bonchev–Trinajstić information content (AvgIpc) is 2.86. The smallest absolute Gasteiger partial charge is 0.330 e. The van der Waals surface area contributed by atoms with E-state index in [4.69, 9.17) is 4.74 Å². The summed E-state index contributed by atoms with van der Waals surface area (Å²) in [6.07, 6.45) is 5.35. The third-order valence-corrected chi connectivity index (χ3v) is 7.65. The van der Waals surface area contributed by atoms with Crippen molar-refractivity contribution in [2.24, 2.45) is 5.41 Å².